The molecule has 0 atom stereocenters. The zero-order chi connectivity index (χ0) is 22.3. The molecule has 0 bridgehead atoms. The number of hydrogen-bond donors (Lipinski definition) is 1. The van der Waals surface area contributed by atoms with Gasteiger partial charge in [-0.1, -0.05) is 33.1 Å². The van der Waals surface area contributed by atoms with Gasteiger partial charge in [-0.05, 0) is 56.3 Å². The molecule has 0 saturated heterocycles. The highest BCUT2D eigenvalue weighted by Crippen LogP contribution is 2.29. The van der Waals surface area contributed by atoms with Gasteiger partial charge in [0.25, 0.3) is 5.56 Å². The van der Waals surface area contributed by atoms with Gasteiger partial charge in [0.1, 0.15) is 18.0 Å². The van der Waals surface area contributed by atoms with Gasteiger partial charge in [-0.3, -0.25) is 9.36 Å². The number of anilines is 2. The minimum atomic E-state index is 0.0141. The molecule has 1 saturated carbocycles. The van der Waals surface area contributed by atoms with E-state index in [4.69, 9.17) is 9.72 Å². The lowest BCUT2D eigenvalue weighted by molar-refractivity contribution is 0.223. The second kappa shape index (κ2) is 10.6. The fourth-order valence-corrected chi connectivity index (χ4v) is 4.39. The third kappa shape index (κ3) is 5.27. The predicted octanol–water partition coefficient (Wildman–Crippen LogP) is 4.76. The van der Waals surface area contributed by atoms with Crippen molar-refractivity contribution in [3.05, 3.63) is 52.9 Å². The molecule has 0 amide bonds. The zero-order valence-electron chi connectivity index (χ0n) is 19.1. The van der Waals surface area contributed by atoms with Crippen LogP contribution in [0.15, 0.2) is 47.4 Å². The van der Waals surface area contributed by atoms with Crippen LogP contribution in [-0.4, -0.2) is 45.7 Å². The average Bonchev–Trinajstić information content (AvgIpc) is 2.83. The van der Waals surface area contributed by atoms with Crippen LogP contribution >= 0.6 is 0 Å². The maximum atomic E-state index is 12.7. The molecule has 4 rings (SSSR count). The monoisotopic (exact) mass is 435 g/mol. The molecular weight excluding hydrogens is 402 g/mol. The number of likely N-dealkylation sites (N-methyl/N-ethyl adjacent to an activating group) is 1. The van der Waals surface area contributed by atoms with Crippen LogP contribution in [0.5, 0.6) is 5.75 Å². The fraction of sp³-hybridized carbons (Fsp3) is 0.480. The quantitative estimate of drug-likeness (QED) is 0.522. The van der Waals surface area contributed by atoms with Crippen LogP contribution in [0, 0.1) is 0 Å². The van der Waals surface area contributed by atoms with Crippen LogP contribution in [0.2, 0.25) is 0 Å². The largest absolute Gasteiger partial charge is 0.492 e. The van der Waals surface area contributed by atoms with Crippen molar-refractivity contribution in [3.8, 4) is 5.75 Å². The Morgan fingerprint density at radius 3 is 2.53 bits per heavy atom. The predicted molar refractivity (Wildman–Crippen MR) is 129 cm³/mol. The molecule has 32 heavy (non-hydrogen) atoms. The van der Waals surface area contributed by atoms with Crippen molar-refractivity contribution in [3.63, 3.8) is 0 Å². The first-order valence-electron chi connectivity index (χ1n) is 11.8. The second-order valence-electron chi connectivity index (χ2n) is 8.33. The molecule has 0 radical (unpaired) electrons. The minimum absolute atomic E-state index is 0.0141. The molecule has 1 aliphatic rings. The molecule has 1 fully saturated rings. The summed E-state index contributed by atoms with van der Waals surface area (Å²) in [5.74, 6) is 1.33. The van der Waals surface area contributed by atoms with Crippen LogP contribution in [-0.2, 0) is 0 Å². The summed E-state index contributed by atoms with van der Waals surface area (Å²) in [4.78, 5) is 24.2. The summed E-state index contributed by atoms with van der Waals surface area (Å²) in [5, 5.41) is 4.15. The molecular formula is C25H33N5O2. The molecule has 2 heterocycles. The number of hydrogen-bond acceptors (Lipinski definition) is 6. The Morgan fingerprint density at radius 1 is 1.06 bits per heavy atom. The minimum Gasteiger partial charge on any atom is -0.492 e. The van der Waals surface area contributed by atoms with E-state index in [9.17, 15) is 4.79 Å². The number of rotatable bonds is 9. The van der Waals surface area contributed by atoms with Crippen LogP contribution in [0.3, 0.4) is 0 Å². The summed E-state index contributed by atoms with van der Waals surface area (Å²) in [5.41, 5.74) is 1.60. The van der Waals surface area contributed by atoms with E-state index in [1.54, 1.807) is 12.3 Å². The molecule has 1 N–H and O–H groups in total. The van der Waals surface area contributed by atoms with Crippen molar-refractivity contribution in [1.82, 2.24) is 19.4 Å². The van der Waals surface area contributed by atoms with Gasteiger partial charge in [0.15, 0.2) is 0 Å². The van der Waals surface area contributed by atoms with Gasteiger partial charge in [-0.25, -0.2) is 4.98 Å². The molecule has 7 heteroatoms. The lowest BCUT2D eigenvalue weighted by Crippen LogP contribution is -2.27. The summed E-state index contributed by atoms with van der Waals surface area (Å²) in [7, 11) is 0. The van der Waals surface area contributed by atoms with E-state index < -0.39 is 0 Å². The molecule has 7 nitrogen and oxygen atoms in total. The van der Waals surface area contributed by atoms with Crippen LogP contribution in [0.1, 0.15) is 52.0 Å². The molecule has 170 valence electrons. The number of aromatic nitrogens is 3. The zero-order valence-corrected chi connectivity index (χ0v) is 19.1. The maximum Gasteiger partial charge on any atom is 0.252 e. The summed E-state index contributed by atoms with van der Waals surface area (Å²) < 4.78 is 7.73. The summed E-state index contributed by atoms with van der Waals surface area (Å²) in [6.07, 6.45) is 7.41. The molecule has 0 spiro atoms. The summed E-state index contributed by atoms with van der Waals surface area (Å²) in [6, 6.07) is 11.5. The van der Waals surface area contributed by atoms with E-state index in [1.165, 1.54) is 6.42 Å². The van der Waals surface area contributed by atoms with E-state index in [0.717, 1.165) is 62.1 Å². The Labute approximate surface area is 189 Å². The molecule has 0 unspecified atom stereocenters. The smallest absolute Gasteiger partial charge is 0.252 e. The molecule has 0 aliphatic heterocycles. The number of benzene rings is 1. The van der Waals surface area contributed by atoms with Gasteiger partial charge in [0, 0.05) is 35.9 Å². The van der Waals surface area contributed by atoms with E-state index in [0.29, 0.717) is 18.2 Å². The highest BCUT2D eigenvalue weighted by Gasteiger charge is 2.19. The topological polar surface area (TPSA) is 72.3 Å². The lowest BCUT2D eigenvalue weighted by Gasteiger charge is -2.24. The highest BCUT2D eigenvalue weighted by atomic mass is 16.5. The van der Waals surface area contributed by atoms with Crippen molar-refractivity contribution in [2.45, 2.75) is 52.0 Å². The third-order valence-corrected chi connectivity index (χ3v) is 6.29. The van der Waals surface area contributed by atoms with Gasteiger partial charge in [0.2, 0.25) is 5.95 Å². The van der Waals surface area contributed by atoms with Gasteiger partial charge < -0.3 is 15.0 Å². The first kappa shape index (κ1) is 22.3. The van der Waals surface area contributed by atoms with E-state index in [-0.39, 0.29) is 11.6 Å². The van der Waals surface area contributed by atoms with Crippen LogP contribution < -0.4 is 15.6 Å². The van der Waals surface area contributed by atoms with Gasteiger partial charge >= 0.3 is 0 Å². The summed E-state index contributed by atoms with van der Waals surface area (Å²) in [6.45, 7) is 7.97. The first-order valence-corrected chi connectivity index (χ1v) is 11.8. The van der Waals surface area contributed by atoms with Crippen LogP contribution in [0.4, 0.5) is 11.6 Å². The number of ether oxygens (including phenoxy) is 1. The molecule has 3 aromatic rings. The standard InChI is InChI=1S/C25H33N5O2/c1-3-29(4-2)16-17-32-22-13-11-20(12-14-22)27-25-26-18-19-10-15-23(31)30(24(19)28-25)21-8-6-5-7-9-21/h10-15,18,21H,3-9,16-17H2,1-2H3,(H,26,27,28). The third-order valence-electron chi connectivity index (χ3n) is 6.29. The number of nitrogens with one attached hydrogen (secondary N) is 1. The van der Waals surface area contributed by atoms with E-state index in [1.807, 2.05) is 34.9 Å². The van der Waals surface area contributed by atoms with Crippen molar-refractivity contribution >= 4 is 22.7 Å². The first-order chi connectivity index (χ1) is 15.7. The number of pyridine rings is 1. The molecule has 1 aromatic carbocycles. The van der Waals surface area contributed by atoms with E-state index >= 15 is 0 Å². The molecule has 1 aliphatic carbocycles. The van der Waals surface area contributed by atoms with Gasteiger partial charge in [0.05, 0.1) is 0 Å². The summed E-state index contributed by atoms with van der Waals surface area (Å²) >= 11 is 0. The second-order valence-corrected chi connectivity index (χ2v) is 8.33. The molecule has 2 aromatic heterocycles. The number of nitrogens with zero attached hydrogens (tertiary/aromatic N) is 4. The Bertz CT molecular complexity index is 1070. The van der Waals surface area contributed by atoms with Gasteiger partial charge in [-0.15, -0.1) is 0 Å². The van der Waals surface area contributed by atoms with Crippen molar-refractivity contribution in [1.29, 1.82) is 0 Å². The van der Waals surface area contributed by atoms with Crippen molar-refractivity contribution in [2.75, 3.05) is 31.6 Å². The fourth-order valence-electron chi connectivity index (χ4n) is 4.39. The maximum absolute atomic E-state index is 12.7. The van der Waals surface area contributed by atoms with Gasteiger partial charge in [-0.2, -0.15) is 4.98 Å². The van der Waals surface area contributed by atoms with Crippen molar-refractivity contribution in [2.24, 2.45) is 0 Å². The Hall–Kier alpha value is -2.93. The average molecular weight is 436 g/mol. The SMILES string of the molecule is CCN(CC)CCOc1ccc(Nc2ncc3ccc(=O)n(C4CCCCC4)c3n2)cc1. The number of fused-ring (bicyclic) bond motifs is 1. The van der Waals surface area contributed by atoms with E-state index in [2.05, 4.69) is 29.0 Å². The Kier molecular flexibility index (Phi) is 7.37. The van der Waals surface area contributed by atoms with Crippen LogP contribution in [0.25, 0.3) is 11.0 Å². The van der Waals surface area contributed by atoms with Crippen molar-refractivity contribution < 1.29 is 4.74 Å². The Morgan fingerprint density at radius 2 is 1.81 bits per heavy atom. The Balaban J connectivity index is 1.47. The highest BCUT2D eigenvalue weighted by molar-refractivity contribution is 5.75. The normalized spacial score (nSPS) is 14.7. The lowest BCUT2D eigenvalue weighted by atomic mass is 9.95.